The lowest BCUT2D eigenvalue weighted by atomic mass is 9.87. The van der Waals surface area contributed by atoms with Crippen molar-refractivity contribution >= 4 is 11.9 Å². The smallest absolute Gasteiger partial charge is 0.306 e. The van der Waals surface area contributed by atoms with Crippen molar-refractivity contribution in [2.45, 2.75) is 6.92 Å². The van der Waals surface area contributed by atoms with Crippen molar-refractivity contribution in [3.8, 4) is 0 Å². The third-order valence-corrected chi connectivity index (χ3v) is 2.95. The van der Waals surface area contributed by atoms with Crippen molar-refractivity contribution in [2.24, 2.45) is 11.8 Å². The first-order valence-corrected chi connectivity index (χ1v) is 5.02. The molecule has 1 amide bonds. The fraction of sp³-hybridized carbons (Fsp3) is 0.500. The van der Waals surface area contributed by atoms with E-state index in [4.69, 9.17) is 5.11 Å². The van der Waals surface area contributed by atoms with Gasteiger partial charge in [0.2, 0.25) is 0 Å². The average molecular weight is 224 g/mol. The van der Waals surface area contributed by atoms with Crippen LogP contribution in [0.1, 0.15) is 17.4 Å². The Morgan fingerprint density at radius 2 is 2.31 bits per heavy atom. The van der Waals surface area contributed by atoms with E-state index < -0.39 is 11.9 Å². The van der Waals surface area contributed by atoms with Gasteiger partial charge in [-0.15, -0.1) is 0 Å². The molecule has 0 aromatic carbocycles. The molecule has 2 heterocycles. The van der Waals surface area contributed by atoms with Crippen LogP contribution in [0.25, 0.3) is 0 Å². The number of carboxylic acid groups (broad SMARTS) is 1. The van der Waals surface area contributed by atoms with E-state index in [1.165, 1.54) is 12.3 Å². The molecule has 0 saturated carbocycles. The van der Waals surface area contributed by atoms with Gasteiger partial charge in [-0.05, 0) is 0 Å². The maximum Gasteiger partial charge on any atom is 0.306 e. The Balaban J connectivity index is 1.89. The summed E-state index contributed by atoms with van der Waals surface area (Å²) in [5.74, 6) is -1.41. The molecule has 16 heavy (non-hydrogen) atoms. The Kier molecular flexibility index (Phi) is 2.64. The van der Waals surface area contributed by atoms with Crippen LogP contribution >= 0.6 is 0 Å². The molecule has 1 atom stereocenters. The Morgan fingerprint density at radius 1 is 1.62 bits per heavy atom. The molecular weight excluding hydrogens is 212 g/mol. The van der Waals surface area contributed by atoms with Gasteiger partial charge in [0, 0.05) is 25.1 Å². The summed E-state index contributed by atoms with van der Waals surface area (Å²) >= 11 is 0. The standard InChI is InChI=1S/C10H12N2O4/c1-6(10(14)15)7-4-12(5-7)9(13)8-2-3-16-11-8/h2-3,6-7H,4-5H2,1H3,(H,14,15). The second-order valence-electron chi connectivity index (χ2n) is 3.98. The van der Waals surface area contributed by atoms with Crippen LogP contribution in [-0.4, -0.2) is 40.1 Å². The Hall–Kier alpha value is -1.85. The van der Waals surface area contributed by atoms with Crippen molar-refractivity contribution < 1.29 is 19.2 Å². The number of amides is 1. The van der Waals surface area contributed by atoms with Gasteiger partial charge in [0.15, 0.2) is 5.69 Å². The number of aromatic nitrogens is 1. The molecule has 6 nitrogen and oxygen atoms in total. The summed E-state index contributed by atoms with van der Waals surface area (Å²) in [6, 6.07) is 1.50. The SMILES string of the molecule is CC(C(=O)O)C1CN(C(=O)c2ccon2)C1. The Labute approximate surface area is 91.8 Å². The summed E-state index contributed by atoms with van der Waals surface area (Å²) in [4.78, 5) is 24.0. The number of carbonyl (C=O) groups is 2. The molecule has 0 bridgehead atoms. The molecule has 1 aromatic rings. The van der Waals surface area contributed by atoms with Crippen LogP contribution in [0, 0.1) is 11.8 Å². The van der Waals surface area contributed by atoms with Crippen LogP contribution < -0.4 is 0 Å². The summed E-state index contributed by atoms with van der Waals surface area (Å²) in [6.07, 6.45) is 1.34. The summed E-state index contributed by atoms with van der Waals surface area (Å²) in [5.41, 5.74) is 0.265. The number of nitrogens with zero attached hydrogens (tertiary/aromatic N) is 2. The lowest BCUT2D eigenvalue weighted by Gasteiger charge is -2.40. The number of aliphatic carboxylic acids is 1. The first kappa shape index (κ1) is 10.7. The third kappa shape index (κ3) is 1.78. The minimum atomic E-state index is -0.821. The van der Waals surface area contributed by atoms with Gasteiger partial charge in [-0.3, -0.25) is 9.59 Å². The Morgan fingerprint density at radius 3 is 2.81 bits per heavy atom. The molecule has 1 N–H and O–H groups in total. The molecule has 0 spiro atoms. The molecule has 1 aromatic heterocycles. The van der Waals surface area contributed by atoms with Gasteiger partial charge < -0.3 is 14.5 Å². The second kappa shape index (κ2) is 3.96. The zero-order chi connectivity index (χ0) is 11.7. The quantitative estimate of drug-likeness (QED) is 0.806. The average Bonchev–Trinajstić information content (AvgIpc) is 2.67. The fourth-order valence-corrected chi connectivity index (χ4v) is 1.68. The molecule has 1 unspecified atom stereocenters. The van der Waals surface area contributed by atoms with Gasteiger partial charge in [0.1, 0.15) is 6.26 Å². The molecular formula is C10H12N2O4. The summed E-state index contributed by atoms with van der Waals surface area (Å²) in [7, 11) is 0. The van der Waals surface area contributed by atoms with E-state index >= 15 is 0 Å². The van der Waals surface area contributed by atoms with Crippen LogP contribution in [0.2, 0.25) is 0 Å². The van der Waals surface area contributed by atoms with E-state index in [9.17, 15) is 9.59 Å². The van der Waals surface area contributed by atoms with Gasteiger partial charge in [0.05, 0.1) is 5.92 Å². The lowest BCUT2D eigenvalue weighted by molar-refractivity contribution is -0.144. The van der Waals surface area contributed by atoms with E-state index in [-0.39, 0.29) is 17.5 Å². The van der Waals surface area contributed by atoms with Crippen molar-refractivity contribution in [2.75, 3.05) is 13.1 Å². The van der Waals surface area contributed by atoms with Gasteiger partial charge in [-0.25, -0.2) is 0 Å². The van der Waals surface area contributed by atoms with Crippen molar-refractivity contribution in [1.29, 1.82) is 0 Å². The van der Waals surface area contributed by atoms with E-state index in [1.54, 1.807) is 11.8 Å². The van der Waals surface area contributed by atoms with Gasteiger partial charge in [-0.1, -0.05) is 12.1 Å². The largest absolute Gasteiger partial charge is 0.481 e. The minimum Gasteiger partial charge on any atom is -0.481 e. The number of hydrogen-bond acceptors (Lipinski definition) is 4. The Bertz CT molecular complexity index is 395. The monoisotopic (exact) mass is 224 g/mol. The van der Waals surface area contributed by atoms with Crippen molar-refractivity contribution in [3.05, 3.63) is 18.0 Å². The van der Waals surface area contributed by atoms with Crippen molar-refractivity contribution in [3.63, 3.8) is 0 Å². The highest BCUT2D eigenvalue weighted by molar-refractivity contribution is 5.92. The summed E-state index contributed by atoms with van der Waals surface area (Å²) < 4.78 is 4.58. The highest BCUT2D eigenvalue weighted by atomic mass is 16.5. The normalized spacial score (nSPS) is 17.9. The van der Waals surface area contributed by atoms with E-state index in [2.05, 4.69) is 9.68 Å². The molecule has 1 aliphatic heterocycles. The predicted molar refractivity (Wildman–Crippen MR) is 52.7 cm³/mol. The fourth-order valence-electron chi connectivity index (χ4n) is 1.68. The van der Waals surface area contributed by atoms with Gasteiger partial charge >= 0.3 is 5.97 Å². The number of hydrogen-bond donors (Lipinski definition) is 1. The molecule has 0 aliphatic carbocycles. The molecule has 2 rings (SSSR count). The highest BCUT2D eigenvalue weighted by Crippen LogP contribution is 2.25. The number of carbonyl (C=O) groups excluding carboxylic acids is 1. The third-order valence-electron chi connectivity index (χ3n) is 2.95. The molecule has 1 fully saturated rings. The molecule has 1 saturated heterocycles. The molecule has 0 radical (unpaired) electrons. The molecule has 6 heteroatoms. The van der Waals surface area contributed by atoms with Crippen LogP contribution in [0.3, 0.4) is 0 Å². The summed E-state index contributed by atoms with van der Waals surface area (Å²) in [6.45, 7) is 2.60. The maximum atomic E-state index is 11.7. The first-order valence-electron chi connectivity index (χ1n) is 5.02. The van der Waals surface area contributed by atoms with Gasteiger partial charge in [-0.2, -0.15) is 0 Å². The van der Waals surface area contributed by atoms with Crippen LogP contribution in [0.4, 0.5) is 0 Å². The zero-order valence-electron chi connectivity index (χ0n) is 8.79. The van der Waals surface area contributed by atoms with E-state index in [1.807, 2.05) is 0 Å². The van der Waals surface area contributed by atoms with Crippen LogP contribution in [-0.2, 0) is 4.79 Å². The van der Waals surface area contributed by atoms with Gasteiger partial charge in [0.25, 0.3) is 5.91 Å². The summed E-state index contributed by atoms with van der Waals surface area (Å²) in [5, 5.41) is 12.3. The van der Waals surface area contributed by atoms with E-state index in [0.717, 1.165) is 0 Å². The lowest BCUT2D eigenvalue weighted by Crippen LogP contribution is -2.53. The first-order chi connectivity index (χ1) is 7.59. The minimum absolute atomic E-state index is 0.0355. The second-order valence-corrected chi connectivity index (χ2v) is 3.98. The van der Waals surface area contributed by atoms with E-state index in [0.29, 0.717) is 13.1 Å². The van der Waals surface area contributed by atoms with Crippen molar-refractivity contribution in [1.82, 2.24) is 10.1 Å². The number of carboxylic acids is 1. The molecule has 1 aliphatic rings. The number of rotatable bonds is 3. The van der Waals surface area contributed by atoms with Crippen LogP contribution in [0.5, 0.6) is 0 Å². The van der Waals surface area contributed by atoms with Crippen LogP contribution in [0.15, 0.2) is 16.9 Å². The maximum absolute atomic E-state index is 11.7. The zero-order valence-corrected chi connectivity index (χ0v) is 8.79. The highest BCUT2D eigenvalue weighted by Gasteiger charge is 2.37. The predicted octanol–water partition coefficient (Wildman–Crippen LogP) is 0.467. The topological polar surface area (TPSA) is 83.6 Å². The number of likely N-dealkylation sites (tertiary alicyclic amines) is 1. The molecule has 86 valence electrons.